The molecule has 2 rings (SSSR count). The second-order valence-corrected chi connectivity index (χ2v) is 5.25. The van der Waals surface area contributed by atoms with Crippen LogP contribution in [0.5, 0.6) is 5.75 Å². The van der Waals surface area contributed by atoms with E-state index in [1.54, 1.807) is 12.1 Å². The lowest BCUT2D eigenvalue weighted by Gasteiger charge is -2.21. The predicted molar refractivity (Wildman–Crippen MR) is 85.3 cm³/mol. The topological polar surface area (TPSA) is 41.5 Å². The summed E-state index contributed by atoms with van der Waals surface area (Å²) in [4.78, 5) is 0. The van der Waals surface area contributed by atoms with Gasteiger partial charge in [0.25, 0.3) is 0 Å². The molecule has 3 nitrogen and oxygen atoms in total. The lowest BCUT2D eigenvalue weighted by Crippen LogP contribution is -2.31. The zero-order chi connectivity index (χ0) is 15.9. The fourth-order valence-corrected chi connectivity index (χ4v) is 2.25. The molecule has 2 aromatic rings. The predicted octanol–water partition coefficient (Wildman–Crippen LogP) is 3.44. The van der Waals surface area contributed by atoms with Crippen LogP contribution < -0.4 is 10.1 Å². The first kappa shape index (κ1) is 16.5. The first-order valence-corrected chi connectivity index (χ1v) is 7.48. The van der Waals surface area contributed by atoms with Crippen molar-refractivity contribution in [2.75, 3.05) is 6.61 Å². The van der Waals surface area contributed by atoms with Crippen LogP contribution in [0.15, 0.2) is 48.5 Å². The van der Waals surface area contributed by atoms with Crippen LogP contribution in [0.25, 0.3) is 0 Å². The normalized spacial score (nSPS) is 13.6. The van der Waals surface area contributed by atoms with E-state index < -0.39 is 6.10 Å². The molecule has 0 aliphatic carbocycles. The number of ether oxygens (including phenoxy) is 1. The van der Waals surface area contributed by atoms with E-state index in [1.165, 1.54) is 12.1 Å². The average Bonchev–Trinajstić information content (AvgIpc) is 2.53. The van der Waals surface area contributed by atoms with Crippen molar-refractivity contribution >= 4 is 0 Å². The maximum Gasteiger partial charge on any atom is 0.123 e. The lowest BCUT2D eigenvalue weighted by atomic mass is 10.0. The Morgan fingerprint density at radius 3 is 2.59 bits per heavy atom. The molecular formula is C18H22FNO2. The van der Waals surface area contributed by atoms with E-state index in [4.69, 9.17) is 4.74 Å². The maximum atomic E-state index is 12.9. The van der Waals surface area contributed by atoms with Gasteiger partial charge in [0.2, 0.25) is 0 Å². The van der Waals surface area contributed by atoms with Crippen molar-refractivity contribution < 1.29 is 14.2 Å². The van der Waals surface area contributed by atoms with Crippen molar-refractivity contribution in [3.8, 4) is 5.75 Å². The second kappa shape index (κ2) is 7.92. The number of halogens is 1. The van der Waals surface area contributed by atoms with Crippen LogP contribution in [0.2, 0.25) is 0 Å². The maximum absolute atomic E-state index is 12.9. The zero-order valence-corrected chi connectivity index (χ0v) is 12.9. The van der Waals surface area contributed by atoms with Gasteiger partial charge in [0.15, 0.2) is 0 Å². The van der Waals surface area contributed by atoms with E-state index in [9.17, 15) is 9.50 Å². The SMILES string of the molecule is CCOc1cccc(CNC(C)C(O)c2ccc(F)cc2)c1. The summed E-state index contributed by atoms with van der Waals surface area (Å²) in [6.07, 6.45) is -0.685. The highest BCUT2D eigenvalue weighted by Gasteiger charge is 2.15. The van der Waals surface area contributed by atoms with Gasteiger partial charge in [-0.2, -0.15) is 0 Å². The molecule has 0 aromatic heterocycles. The smallest absolute Gasteiger partial charge is 0.123 e. The van der Waals surface area contributed by atoms with Crippen LogP contribution in [0, 0.1) is 5.82 Å². The molecule has 0 saturated heterocycles. The van der Waals surface area contributed by atoms with Crippen molar-refractivity contribution in [3.63, 3.8) is 0 Å². The van der Waals surface area contributed by atoms with Crippen LogP contribution in [0.3, 0.4) is 0 Å². The number of nitrogens with one attached hydrogen (secondary N) is 1. The van der Waals surface area contributed by atoms with Gasteiger partial charge in [0, 0.05) is 12.6 Å². The highest BCUT2D eigenvalue weighted by atomic mass is 19.1. The third-order valence-corrected chi connectivity index (χ3v) is 3.52. The number of hydrogen-bond donors (Lipinski definition) is 2. The highest BCUT2D eigenvalue weighted by Crippen LogP contribution is 2.18. The Hall–Kier alpha value is -1.91. The Morgan fingerprint density at radius 2 is 1.91 bits per heavy atom. The van der Waals surface area contributed by atoms with Gasteiger partial charge < -0.3 is 15.2 Å². The van der Waals surface area contributed by atoms with E-state index in [2.05, 4.69) is 5.32 Å². The molecular weight excluding hydrogens is 281 g/mol. The van der Waals surface area contributed by atoms with Crippen molar-refractivity contribution in [3.05, 3.63) is 65.5 Å². The molecule has 0 radical (unpaired) electrons. The van der Waals surface area contributed by atoms with Crippen LogP contribution in [0.1, 0.15) is 31.1 Å². The highest BCUT2D eigenvalue weighted by molar-refractivity contribution is 5.28. The van der Waals surface area contributed by atoms with Gasteiger partial charge in [-0.3, -0.25) is 0 Å². The molecule has 0 spiro atoms. The minimum absolute atomic E-state index is 0.152. The Bertz CT molecular complexity index is 586. The summed E-state index contributed by atoms with van der Waals surface area (Å²) in [5.74, 6) is 0.540. The second-order valence-electron chi connectivity index (χ2n) is 5.25. The molecule has 2 atom stereocenters. The summed E-state index contributed by atoms with van der Waals surface area (Å²) < 4.78 is 18.4. The van der Waals surface area contributed by atoms with E-state index in [1.807, 2.05) is 38.1 Å². The summed E-state index contributed by atoms with van der Waals surface area (Å²) in [7, 11) is 0. The first-order chi connectivity index (χ1) is 10.6. The number of aliphatic hydroxyl groups excluding tert-OH is 1. The van der Waals surface area contributed by atoms with E-state index >= 15 is 0 Å². The molecule has 0 bridgehead atoms. The van der Waals surface area contributed by atoms with Crippen molar-refractivity contribution in [2.45, 2.75) is 32.5 Å². The first-order valence-electron chi connectivity index (χ1n) is 7.48. The summed E-state index contributed by atoms with van der Waals surface area (Å²) in [5.41, 5.74) is 1.79. The van der Waals surface area contributed by atoms with Crippen molar-refractivity contribution in [1.29, 1.82) is 0 Å². The quantitative estimate of drug-likeness (QED) is 0.823. The standard InChI is InChI=1S/C18H22FNO2/c1-3-22-17-6-4-5-14(11-17)12-20-13(2)18(21)15-7-9-16(19)10-8-15/h4-11,13,18,20-21H,3,12H2,1-2H3. The van der Waals surface area contributed by atoms with Gasteiger partial charge in [0.05, 0.1) is 12.7 Å². The Labute approximate surface area is 130 Å². The molecule has 0 fully saturated rings. The fraction of sp³-hybridized carbons (Fsp3) is 0.333. The molecule has 0 saturated carbocycles. The summed E-state index contributed by atoms with van der Waals surface area (Å²) >= 11 is 0. The Morgan fingerprint density at radius 1 is 1.18 bits per heavy atom. The third-order valence-electron chi connectivity index (χ3n) is 3.52. The summed E-state index contributed by atoms with van der Waals surface area (Å²) in [5, 5.41) is 13.6. The lowest BCUT2D eigenvalue weighted by molar-refractivity contribution is 0.135. The molecule has 2 N–H and O–H groups in total. The van der Waals surface area contributed by atoms with Gasteiger partial charge in [0.1, 0.15) is 11.6 Å². The van der Waals surface area contributed by atoms with Crippen molar-refractivity contribution in [1.82, 2.24) is 5.32 Å². The molecule has 22 heavy (non-hydrogen) atoms. The molecule has 4 heteroatoms. The largest absolute Gasteiger partial charge is 0.494 e. The van der Waals surface area contributed by atoms with Crippen molar-refractivity contribution in [2.24, 2.45) is 0 Å². The van der Waals surface area contributed by atoms with E-state index in [-0.39, 0.29) is 11.9 Å². The molecule has 118 valence electrons. The summed E-state index contributed by atoms with van der Waals surface area (Å²) in [6, 6.07) is 13.6. The third kappa shape index (κ3) is 4.55. The average molecular weight is 303 g/mol. The fourth-order valence-electron chi connectivity index (χ4n) is 2.25. The zero-order valence-electron chi connectivity index (χ0n) is 12.9. The van der Waals surface area contributed by atoms with Gasteiger partial charge in [-0.15, -0.1) is 0 Å². The number of aliphatic hydroxyl groups is 1. The molecule has 0 aliphatic heterocycles. The van der Waals surface area contributed by atoms with Crippen LogP contribution >= 0.6 is 0 Å². The molecule has 2 aromatic carbocycles. The number of hydrogen-bond acceptors (Lipinski definition) is 3. The van der Waals surface area contributed by atoms with Crippen LogP contribution in [0.4, 0.5) is 4.39 Å². The number of benzene rings is 2. The minimum atomic E-state index is -0.685. The van der Waals surface area contributed by atoms with E-state index in [0.717, 1.165) is 11.3 Å². The van der Waals surface area contributed by atoms with Crippen LogP contribution in [-0.4, -0.2) is 17.8 Å². The van der Waals surface area contributed by atoms with Crippen LogP contribution in [-0.2, 0) is 6.54 Å². The Balaban J connectivity index is 1.92. The molecule has 0 heterocycles. The Kier molecular flexibility index (Phi) is 5.92. The van der Waals surface area contributed by atoms with Gasteiger partial charge in [-0.1, -0.05) is 24.3 Å². The molecule has 0 aliphatic rings. The summed E-state index contributed by atoms with van der Waals surface area (Å²) in [6.45, 7) is 5.11. The molecule has 0 amide bonds. The van der Waals surface area contributed by atoms with Gasteiger partial charge in [-0.05, 0) is 49.2 Å². The van der Waals surface area contributed by atoms with Gasteiger partial charge in [-0.25, -0.2) is 4.39 Å². The monoisotopic (exact) mass is 303 g/mol. The van der Waals surface area contributed by atoms with E-state index in [0.29, 0.717) is 18.7 Å². The van der Waals surface area contributed by atoms with Gasteiger partial charge >= 0.3 is 0 Å². The molecule has 2 unspecified atom stereocenters. The minimum Gasteiger partial charge on any atom is -0.494 e. The number of rotatable bonds is 7.